The second-order valence-electron chi connectivity index (χ2n) is 1.69. The average molecular weight is 143 g/mol. The van der Waals surface area contributed by atoms with Crippen LogP contribution in [-0.4, -0.2) is 17.1 Å². The standard InChI is InChI=1S/C3H5NO3.C3H4/c1-2(5)4-3(6)7;1-2-3-1/h1H3,(H,4,5)(H,6,7);1-2H,3H2. The van der Waals surface area contributed by atoms with Crippen LogP contribution < -0.4 is 5.32 Å². The third kappa shape index (κ3) is 15.9. The second kappa shape index (κ2) is 4.55. The lowest BCUT2D eigenvalue weighted by Gasteiger charge is -1.86. The van der Waals surface area contributed by atoms with Crippen LogP contribution in [0.3, 0.4) is 0 Å². The quantitative estimate of drug-likeness (QED) is 0.491. The molecule has 0 aliphatic heterocycles. The summed E-state index contributed by atoms with van der Waals surface area (Å²) in [6.07, 6.45) is 4.19. The number of carboxylic acid groups (broad SMARTS) is 1. The third-order valence-electron chi connectivity index (χ3n) is 0.519. The van der Waals surface area contributed by atoms with Crippen molar-refractivity contribution >= 4 is 12.0 Å². The molecule has 0 bridgehead atoms. The Morgan fingerprint density at radius 3 is 1.90 bits per heavy atom. The molecule has 0 aromatic heterocycles. The predicted octanol–water partition coefficient (Wildman–Crippen LogP) is 0.747. The van der Waals surface area contributed by atoms with Gasteiger partial charge in [0.1, 0.15) is 0 Å². The van der Waals surface area contributed by atoms with Crippen molar-refractivity contribution in [1.29, 1.82) is 0 Å². The van der Waals surface area contributed by atoms with Gasteiger partial charge in [-0.2, -0.15) is 0 Å². The van der Waals surface area contributed by atoms with Gasteiger partial charge in [-0.1, -0.05) is 12.2 Å². The minimum Gasteiger partial charge on any atom is -0.465 e. The first-order valence-corrected chi connectivity index (χ1v) is 2.78. The number of hydrogen-bond donors (Lipinski definition) is 2. The lowest BCUT2D eigenvalue weighted by Crippen LogP contribution is -2.25. The van der Waals surface area contributed by atoms with Gasteiger partial charge in [0.25, 0.3) is 0 Å². The molecular weight excluding hydrogens is 134 g/mol. The van der Waals surface area contributed by atoms with Gasteiger partial charge in [0.05, 0.1) is 0 Å². The normalized spacial score (nSPS) is 10.9. The smallest absolute Gasteiger partial charge is 0.411 e. The highest BCUT2D eigenvalue weighted by Crippen LogP contribution is 1.96. The van der Waals surface area contributed by atoms with Crippen LogP contribution in [0.4, 0.5) is 4.79 Å². The molecule has 4 heteroatoms. The Kier molecular flexibility index (Phi) is 3.95. The number of nitrogens with one attached hydrogen (secondary N) is 1. The minimum atomic E-state index is -1.31. The summed E-state index contributed by atoms with van der Waals surface area (Å²) in [6.45, 7) is 1.13. The molecule has 0 fully saturated rings. The van der Waals surface area contributed by atoms with E-state index in [0.29, 0.717) is 0 Å². The molecule has 1 aliphatic rings. The van der Waals surface area contributed by atoms with E-state index in [1.54, 1.807) is 5.32 Å². The maximum absolute atomic E-state index is 9.76. The maximum atomic E-state index is 9.76. The van der Waals surface area contributed by atoms with Gasteiger partial charge in [-0.05, 0) is 6.42 Å². The van der Waals surface area contributed by atoms with E-state index < -0.39 is 12.0 Å². The van der Waals surface area contributed by atoms with Crippen molar-refractivity contribution in [2.24, 2.45) is 0 Å². The molecule has 2 amide bonds. The van der Waals surface area contributed by atoms with Gasteiger partial charge in [-0.15, -0.1) is 0 Å². The largest absolute Gasteiger partial charge is 0.465 e. The zero-order valence-corrected chi connectivity index (χ0v) is 5.63. The maximum Gasteiger partial charge on any atom is 0.411 e. The van der Waals surface area contributed by atoms with E-state index in [4.69, 9.17) is 5.11 Å². The number of imide groups is 1. The van der Waals surface area contributed by atoms with Gasteiger partial charge in [0.2, 0.25) is 5.91 Å². The van der Waals surface area contributed by atoms with Gasteiger partial charge in [-0.3, -0.25) is 10.1 Å². The Morgan fingerprint density at radius 2 is 1.90 bits per heavy atom. The summed E-state index contributed by atoms with van der Waals surface area (Å²) in [5, 5.41) is 9.34. The fourth-order valence-electron chi connectivity index (χ4n) is 0.151. The molecule has 10 heavy (non-hydrogen) atoms. The number of carbonyl (C=O) groups excluding carboxylic acids is 1. The van der Waals surface area contributed by atoms with E-state index in [1.807, 2.05) is 0 Å². The molecule has 0 heterocycles. The first kappa shape index (κ1) is 8.68. The Hall–Kier alpha value is -1.32. The van der Waals surface area contributed by atoms with Gasteiger partial charge in [0.15, 0.2) is 0 Å². The van der Waals surface area contributed by atoms with Crippen LogP contribution in [0.15, 0.2) is 12.2 Å². The molecule has 0 saturated carbocycles. The van der Waals surface area contributed by atoms with Crippen LogP contribution in [0.5, 0.6) is 0 Å². The summed E-state index contributed by atoms with van der Waals surface area (Å²) in [5.74, 6) is -0.562. The number of allylic oxidation sites excluding steroid dienone is 2. The molecule has 0 radical (unpaired) electrons. The summed E-state index contributed by atoms with van der Waals surface area (Å²) >= 11 is 0. The highest BCUT2D eigenvalue weighted by molar-refractivity contribution is 5.89. The van der Waals surface area contributed by atoms with E-state index in [1.165, 1.54) is 6.42 Å². The molecule has 0 saturated heterocycles. The zero-order chi connectivity index (χ0) is 7.98. The Bertz CT molecular complexity index is 146. The first-order valence-electron chi connectivity index (χ1n) is 2.78. The van der Waals surface area contributed by atoms with Crippen LogP contribution in [0, 0.1) is 0 Å². The molecule has 4 nitrogen and oxygen atoms in total. The fourth-order valence-corrected chi connectivity index (χ4v) is 0.151. The average Bonchev–Trinajstić information content (AvgIpc) is 2.38. The lowest BCUT2D eigenvalue weighted by atomic mass is 10.7. The van der Waals surface area contributed by atoms with Crippen LogP contribution in [0.2, 0.25) is 0 Å². The highest BCUT2D eigenvalue weighted by atomic mass is 16.4. The molecule has 0 aromatic carbocycles. The molecule has 2 N–H and O–H groups in total. The summed E-state index contributed by atoms with van der Waals surface area (Å²) in [6, 6.07) is 0. The molecule has 0 spiro atoms. The monoisotopic (exact) mass is 143 g/mol. The summed E-state index contributed by atoms with van der Waals surface area (Å²) < 4.78 is 0. The van der Waals surface area contributed by atoms with Crippen molar-refractivity contribution in [2.75, 3.05) is 0 Å². The van der Waals surface area contributed by atoms with Gasteiger partial charge < -0.3 is 5.11 Å². The van der Waals surface area contributed by atoms with Crippen LogP contribution >= 0.6 is 0 Å². The van der Waals surface area contributed by atoms with Crippen molar-refractivity contribution in [3.63, 3.8) is 0 Å². The second-order valence-corrected chi connectivity index (χ2v) is 1.69. The van der Waals surface area contributed by atoms with E-state index in [-0.39, 0.29) is 0 Å². The van der Waals surface area contributed by atoms with Crippen LogP contribution in [0.25, 0.3) is 0 Å². The molecule has 56 valence electrons. The van der Waals surface area contributed by atoms with Gasteiger partial charge in [0, 0.05) is 6.92 Å². The van der Waals surface area contributed by atoms with Crippen molar-refractivity contribution in [1.82, 2.24) is 5.32 Å². The molecule has 0 unspecified atom stereocenters. The molecule has 1 aliphatic carbocycles. The van der Waals surface area contributed by atoms with E-state index in [0.717, 1.165) is 6.92 Å². The Labute approximate surface area is 58.5 Å². The van der Waals surface area contributed by atoms with E-state index in [2.05, 4.69) is 12.2 Å². The summed E-state index contributed by atoms with van der Waals surface area (Å²) in [5.41, 5.74) is 0. The van der Waals surface area contributed by atoms with E-state index >= 15 is 0 Å². The van der Waals surface area contributed by atoms with Crippen molar-refractivity contribution in [3.05, 3.63) is 12.2 Å². The van der Waals surface area contributed by atoms with Gasteiger partial charge >= 0.3 is 6.09 Å². The number of hydrogen-bond acceptors (Lipinski definition) is 2. The van der Waals surface area contributed by atoms with Gasteiger partial charge in [-0.25, -0.2) is 4.79 Å². The van der Waals surface area contributed by atoms with Crippen molar-refractivity contribution in [2.45, 2.75) is 13.3 Å². The molecular formula is C6H9NO3. The predicted molar refractivity (Wildman–Crippen MR) is 35.6 cm³/mol. The highest BCUT2D eigenvalue weighted by Gasteiger charge is 1.93. The summed E-state index contributed by atoms with van der Waals surface area (Å²) in [4.78, 5) is 19.2. The fraction of sp³-hybridized carbons (Fsp3) is 0.333. The first-order chi connectivity index (χ1) is 4.63. The van der Waals surface area contributed by atoms with Crippen LogP contribution in [-0.2, 0) is 4.79 Å². The number of carbonyl (C=O) groups is 2. The minimum absolute atomic E-state index is 0.562. The topological polar surface area (TPSA) is 66.4 Å². The Balaban J connectivity index is 0.000000219. The van der Waals surface area contributed by atoms with Crippen molar-refractivity contribution in [3.8, 4) is 0 Å². The summed E-state index contributed by atoms with van der Waals surface area (Å²) in [7, 11) is 0. The van der Waals surface area contributed by atoms with Crippen molar-refractivity contribution < 1.29 is 14.7 Å². The Morgan fingerprint density at radius 1 is 1.50 bits per heavy atom. The molecule has 0 atom stereocenters. The molecule has 0 aromatic rings. The lowest BCUT2D eigenvalue weighted by molar-refractivity contribution is -0.118. The van der Waals surface area contributed by atoms with Crippen LogP contribution in [0.1, 0.15) is 13.3 Å². The number of amides is 2. The zero-order valence-electron chi connectivity index (χ0n) is 5.63. The molecule has 1 rings (SSSR count). The van der Waals surface area contributed by atoms with E-state index in [9.17, 15) is 9.59 Å². The number of rotatable bonds is 0. The SMILES string of the molecule is C1=CC1.CC(=O)NC(=O)O. The third-order valence-corrected chi connectivity index (χ3v) is 0.519.